The first-order chi connectivity index (χ1) is 6.60. The lowest BCUT2D eigenvalue weighted by Gasteiger charge is -2.21. The van der Waals surface area contributed by atoms with Crippen LogP contribution in [0.15, 0.2) is 0 Å². The van der Waals surface area contributed by atoms with Gasteiger partial charge in [-0.2, -0.15) is 0 Å². The molecule has 0 aliphatic heterocycles. The van der Waals surface area contributed by atoms with E-state index in [1.165, 1.54) is 19.3 Å². The van der Waals surface area contributed by atoms with Crippen molar-refractivity contribution in [2.24, 2.45) is 17.8 Å². The molecule has 1 fully saturated rings. The third-order valence-corrected chi connectivity index (χ3v) is 3.87. The van der Waals surface area contributed by atoms with Gasteiger partial charge < -0.3 is 5.32 Å². The van der Waals surface area contributed by atoms with Crippen LogP contribution in [0.4, 0.5) is 0 Å². The van der Waals surface area contributed by atoms with Crippen LogP contribution in [0.25, 0.3) is 0 Å². The van der Waals surface area contributed by atoms with Crippen LogP contribution < -0.4 is 5.32 Å². The lowest BCUT2D eigenvalue weighted by atomic mass is 10.0. The predicted molar refractivity (Wildman–Crippen MR) is 63.4 cm³/mol. The van der Waals surface area contributed by atoms with Crippen LogP contribution >= 0.6 is 0 Å². The van der Waals surface area contributed by atoms with Gasteiger partial charge in [0.1, 0.15) is 0 Å². The maximum atomic E-state index is 3.76. The molecule has 1 nitrogen and oxygen atoms in total. The molecule has 1 saturated carbocycles. The van der Waals surface area contributed by atoms with Crippen LogP contribution in [-0.2, 0) is 0 Å². The normalized spacial score (nSPS) is 28.5. The molecule has 0 aromatic carbocycles. The molecular weight excluding hydrogens is 170 g/mol. The quantitative estimate of drug-likeness (QED) is 0.688. The number of hydrogen-bond acceptors (Lipinski definition) is 1. The van der Waals surface area contributed by atoms with Crippen molar-refractivity contribution in [2.45, 2.75) is 66.0 Å². The van der Waals surface area contributed by atoms with Crippen LogP contribution in [0, 0.1) is 17.8 Å². The summed E-state index contributed by atoms with van der Waals surface area (Å²) in [4.78, 5) is 0. The minimum Gasteiger partial charge on any atom is -0.311 e. The Morgan fingerprint density at radius 1 is 1.07 bits per heavy atom. The van der Waals surface area contributed by atoms with Gasteiger partial charge in [-0.05, 0) is 43.9 Å². The number of nitrogens with one attached hydrogen (secondary N) is 1. The Hall–Kier alpha value is -0.0400. The Balaban J connectivity index is 2.26. The Bertz CT molecular complexity index is 161. The number of rotatable bonds is 6. The molecule has 0 bridgehead atoms. The summed E-state index contributed by atoms with van der Waals surface area (Å²) < 4.78 is 0. The van der Waals surface area contributed by atoms with Crippen molar-refractivity contribution in [3.63, 3.8) is 0 Å². The first kappa shape index (κ1) is 12.0. The van der Waals surface area contributed by atoms with Crippen molar-refractivity contribution in [1.82, 2.24) is 5.32 Å². The summed E-state index contributed by atoms with van der Waals surface area (Å²) in [6.45, 7) is 11.6. The molecule has 1 aliphatic carbocycles. The second-order valence-electron chi connectivity index (χ2n) is 5.28. The molecule has 0 aromatic heterocycles. The molecule has 0 amide bonds. The summed E-state index contributed by atoms with van der Waals surface area (Å²) in [5.74, 6) is 2.83. The van der Waals surface area contributed by atoms with Crippen molar-refractivity contribution in [3.8, 4) is 0 Å². The highest BCUT2D eigenvalue weighted by molar-refractivity contribution is 4.95. The summed E-state index contributed by atoms with van der Waals surface area (Å²) in [6, 6.07) is 1.46. The first-order valence-electron chi connectivity index (χ1n) is 6.36. The summed E-state index contributed by atoms with van der Waals surface area (Å²) >= 11 is 0. The van der Waals surface area contributed by atoms with Gasteiger partial charge in [0, 0.05) is 12.1 Å². The van der Waals surface area contributed by atoms with Crippen LogP contribution in [0.1, 0.15) is 53.9 Å². The van der Waals surface area contributed by atoms with Crippen LogP contribution in [0.5, 0.6) is 0 Å². The van der Waals surface area contributed by atoms with E-state index >= 15 is 0 Å². The second-order valence-corrected chi connectivity index (χ2v) is 5.28. The van der Waals surface area contributed by atoms with E-state index in [2.05, 4.69) is 39.9 Å². The van der Waals surface area contributed by atoms with E-state index in [0.29, 0.717) is 0 Å². The lowest BCUT2D eigenvalue weighted by Crippen LogP contribution is -2.37. The van der Waals surface area contributed by atoms with Crippen molar-refractivity contribution < 1.29 is 0 Å². The molecule has 3 atom stereocenters. The maximum absolute atomic E-state index is 3.76. The molecule has 3 unspecified atom stereocenters. The van der Waals surface area contributed by atoms with Crippen molar-refractivity contribution in [3.05, 3.63) is 0 Å². The molecule has 14 heavy (non-hydrogen) atoms. The molecule has 0 aromatic rings. The van der Waals surface area contributed by atoms with Crippen molar-refractivity contribution in [2.75, 3.05) is 0 Å². The zero-order chi connectivity index (χ0) is 10.7. The highest BCUT2D eigenvalue weighted by Gasteiger charge is 2.42. The monoisotopic (exact) mass is 197 g/mol. The summed E-state index contributed by atoms with van der Waals surface area (Å²) in [5.41, 5.74) is 0. The zero-order valence-corrected chi connectivity index (χ0v) is 10.5. The van der Waals surface area contributed by atoms with Gasteiger partial charge in [-0.25, -0.2) is 0 Å². The summed E-state index contributed by atoms with van der Waals surface area (Å²) in [7, 11) is 0. The fourth-order valence-corrected chi connectivity index (χ4v) is 2.60. The maximum Gasteiger partial charge on any atom is 0.00724 e. The second kappa shape index (κ2) is 5.16. The largest absolute Gasteiger partial charge is 0.311 e. The van der Waals surface area contributed by atoms with E-state index in [4.69, 9.17) is 0 Å². The zero-order valence-electron chi connectivity index (χ0n) is 10.5. The van der Waals surface area contributed by atoms with Crippen molar-refractivity contribution >= 4 is 0 Å². The molecule has 0 radical (unpaired) electrons. The van der Waals surface area contributed by atoms with Gasteiger partial charge in [-0.15, -0.1) is 0 Å². The third-order valence-electron chi connectivity index (χ3n) is 3.87. The molecule has 0 spiro atoms. The van der Waals surface area contributed by atoms with Crippen LogP contribution in [0.3, 0.4) is 0 Å². The van der Waals surface area contributed by atoms with Crippen molar-refractivity contribution in [1.29, 1.82) is 0 Å². The van der Waals surface area contributed by atoms with E-state index in [-0.39, 0.29) is 0 Å². The molecule has 1 heteroatoms. The van der Waals surface area contributed by atoms with Gasteiger partial charge in [-0.3, -0.25) is 0 Å². The number of hydrogen-bond donors (Lipinski definition) is 1. The average Bonchev–Trinajstić information content (AvgIpc) is 2.93. The van der Waals surface area contributed by atoms with E-state index in [9.17, 15) is 0 Å². The summed E-state index contributed by atoms with van der Waals surface area (Å²) in [5, 5.41) is 3.76. The Labute approximate surface area is 89.7 Å². The molecule has 1 aliphatic rings. The molecule has 0 saturated heterocycles. The minimum atomic E-state index is 0.729. The minimum absolute atomic E-state index is 0.729. The van der Waals surface area contributed by atoms with E-state index in [1.54, 1.807) is 0 Å². The topological polar surface area (TPSA) is 12.0 Å². The third kappa shape index (κ3) is 2.98. The SMILES string of the molecule is CCC(CC)NC(C)C1CC1C(C)C. The first-order valence-corrected chi connectivity index (χ1v) is 6.36. The van der Waals surface area contributed by atoms with Gasteiger partial charge in [0.05, 0.1) is 0 Å². The van der Waals surface area contributed by atoms with E-state index < -0.39 is 0 Å². The van der Waals surface area contributed by atoms with Crippen LogP contribution in [-0.4, -0.2) is 12.1 Å². The standard InChI is InChI=1S/C13H27N/c1-6-11(7-2)14-10(5)13-8-12(13)9(3)4/h9-14H,6-8H2,1-5H3. The Morgan fingerprint density at radius 2 is 1.64 bits per heavy atom. The van der Waals surface area contributed by atoms with Crippen LogP contribution in [0.2, 0.25) is 0 Å². The molecule has 0 heterocycles. The Kier molecular flexibility index (Phi) is 4.43. The molecule has 1 N–H and O–H groups in total. The Morgan fingerprint density at radius 3 is 2.00 bits per heavy atom. The lowest BCUT2D eigenvalue weighted by molar-refractivity contribution is 0.370. The van der Waals surface area contributed by atoms with Gasteiger partial charge >= 0.3 is 0 Å². The summed E-state index contributed by atoms with van der Waals surface area (Å²) in [6.07, 6.45) is 3.98. The van der Waals surface area contributed by atoms with Gasteiger partial charge in [-0.1, -0.05) is 27.7 Å². The highest BCUT2D eigenvalue weighted by Crippen LogP contribution is 2.46. The van der Waals surface area contributed by atoms with Gasteiger partial charge in [0.2, 0.25) is 0 Å². The molecule has 84 valence electrons. The molecule has 1 rings (SSSR count). The predicted octanol–water partition coefficient (Wildman–Crippen LogP) is 3.45. The smallest absolute Gasteiger partial charge is 0.00724 e. The van der Waals surface area contributed by atoms with E-state index in [0.717, 1.165) is 29.8 Å². The van der Waals surface area contributed by atoms with E-state index in [1.807, 2.05) is 0 Å². The van der Waals surface area contributed by atoms with Gasteiger partial charge in [0.15, 0.2) is 0 Å². The average molecular weight is 197 g/mol. The highest BCUT2D eigenvalue weighted by atomic mass is 15.0. The van der Waals surface area contributed by atoms with Gasteiger partial charge in [0.25, 0.3) is 0 Å². The molecular formula is C13H27N. The fourth-order valence-electron chi connectivity index (χ4n) is 2.60. The fraction of sp³-hybridized carbons (Fsp3) is 1.00.